The van der Waals surface area contributed by atoms with Gasteiger partial charge in [-0.05, 0) is 24.3 Å². The Morgan fingerprint density at radius 2 is 1.67 bits per heavy atom. The third-order valence-corrected chi connectivity index (χ3v) is 4.08. The summed E-state index contributed by atoms with van der Waals surface area (Å²) in [6, 6.07) is 7.34. The molecule has 27 heavy (non-hydrogen) atoms. The predicted molar refractivity (Wildman–Crippen MR) is 98.6 cm³/mol. The minimum Gasteiger partial charge on any atom is -0.493 e. The Hall–Kier alpha value is -3.19. The zero-order chi connectivity index (χ0) is 19.6. The van der Waals surface area contributed by atoms with Crippen molar-refractivity contribution in [2.24, 2.45) is 0 Å². The van der Waals surface area contributed by atoms with Gasteiger partial charge in [0.15, 0.2) is 11.5 Å². The first kappa shape index (κ1) is 18.6. The maximum Gasteiger partial charge on any atom is 0.343 e. The summed E-state index contributed by atoms with van der Waals surface area (Å²) in [6.45, 7) is 0. The SMILES string of the molecule is COc1cc(C(=O)Oc2ccc3c(=O)c(Cl)coc3c2)cc(OC)c1OC. The number of rotatable bonds is 5. The van der Waals surface area contributed by atoms with Crippen LogP contribution in [-0.2, 0) is 0 Å². The Morgan fingerprint density at radius 3 is 2.26 bits per heavy atom. The smallest absolute Gasteiger partial charge is 0.343 e. The van der Waals surface area contributed by atoms with Gasteiger partial charge in [-0.25, -0.2) is 4.79 Å². The maximum absolute atomic E-state index is 12.5. The summed E-state index contributed by atoms with van der Waals surface area (Å²) in [6.07, 6.45) is 1.14. The highest BCUT2D eigenvalue weighted by atomic mass is 35.5. The normalized spacial score (nSPS) is 10.5. The molecule has 0 saturated heterocycles. The van der Waals surface area contributed by atoms with Gasteiger partial charge < -0.3 is 23.4 Å². The Balaban J connectivity index is 1.94. The molecule has 3 rings (SSSR count). The number of fused-ring (bicyclic) bond motifs is 1. The van der Waals surface area contributed by atoms with Crippen molar-refractivity contribution >= 4 is 28.5 Å². The minimum absolute atomic E-state index is 0.0235. The second-order valence-electron chi connectivity index (χ2n) is 5.37. The molecule has 0 saturated carbocycles. The molecule has 0 unspecified atom stereocenters. The Kier molecular flexibility index (Phi) is 5.23. The van der Waals surface area contributed by atoms with Gasteiger partial charge in [0.25, 0.3) is 0 Å². The van der Waals surface area contributed by atoms with Crippen LogP contribution < -0.4 is 24.4 Å². The molecule has 0 aliphatic carbocycles. The summed E-state index contributed by atoms with van der Waals surface area (Å²) < 4.78 is 26.3. The van der Waals surface area contributed by atoms with Crippen molar-refractivity contribution in [3.05, 3.63) is 57.4 Å². The van der Waals surface area contributed by atoms with Crippen LogP contribution >= 0.6 is 11.6 Å². The zero-order valence-corrected chi connectivity index (χ0v) is 15.5. The van der Waals surface area contributed by atoms with E-state index < -0.39 is 5.97 Å². The molecular formula is C19H15ClO7. The van der Waals surface area contributed by atoms with E-state index in [1.165, 1.54) is 51.7 Å². The van der Waals surface area contributed by atoms with Crippen molar-refractivity contribution < 1.29 is 28.2 Å². The molecule has 1 heterocycles. The lowest BCUT2D eigenvalue weighted by Crippen LogP contribution is -2.10. The van der Waals surface area contributed by atoms with Crippen LogP contribution in [0.5, 0.6) is 23.0 Å². The first-order valence-corrected chi connectivity index (χ1v) is 8.09. The van der Waals surface area contributed by atoms with Crippen LogP contribution in [-0.4, -0.2) is 27.3 Å². The number of carbonyl (C=O) groups excluding carboxylic acids is 1. The summed E-state index contributed by atoms with van der Waals surface area (Å²) in [5.41, 5.74) is 0.0853. The largest absolute Gasteiger partial charge is 0.493 e. The van der Waals surface area contributed by atoms with E-state index in [-0.39, 0.29) is 32.7 Å². The number of benzene rings is 2. The molecule has 1 aromatic heterocycles. The second-order valence-corrected chi connectivity index (χ2v) is 5.78. The Labute approximate surface area is 159 Å². The molecule has 0 radical (unpaired) electrons. The van der Waals surface area contributed by atoms with Crippen molar-refractivity contribution in [1.29, 1.82) is 0 Å². The molecule has 2 aromatic carbocycles. The average Bonchev–Trinajstić information content (AvgIpc) is 2.69. The summed E-state index contributed by atoms with van der Waals surface area (Å²) in [7, 11) is 4.36. The van der Waals surface area contributed by atoms with Gasteiger partial charge in [-0.1, -0.05) is 11.6 Å². The van der Waals surface area contributed by atoms with Gasteiger partial charge in [0, 0.05) is 6.07 Å². The van der Waals surface area contributed by atoms with E-state index in [1.54, 1.807) is 0 Å². The fourth-order valence-electron chi connectivity index (χ4n) is 2.51. The van der Waals surface area contributed by atoms with Crippen LogP contribution in [0.4, 0.5) is 0 Å². The van der Waals surface area contributed by atoms with Crippen LogP contribution in [0.3, 0.4) is 0 Å². The van der Waals surface area contributed by atoms with E-state index >= 15 is 0 Å². The van der Waals surface area contributed by atoms with E-state index in [1.807, 2.05) is 0 Å². The molecule has 0 aliphatic rings. The van der Waals surface area contributed by atoms with Crippen LogP contribution in [0, 0.1) is 0 Å². The van der Waals surface area contributed by atoms with Crippen molar-refractivity contribution in [1.82, 2.24) is 0 Å². The lowest BCUT2D eigenvalue weighted by molar-refractivity contribution is 0.0734. The first-order chi connectivity index (χ1) is 13.0. The van der Waals surface area contributed by atoms with E-state index in [0.29, 0.717) is 17.2 Å². The zero-order valence-electron chi connectivity index (χ0n) is 14.7. The molecule has 0 fully saturated rings. The molecule has 140 valence electrons. The highest BCUT2D eigenvalue weighted by Crippen LogP contribution is 2.38. The number of methoxy groups -OCH3 is 3. The molecular weight excluding hydrogens is 376 g/mol. The minimum atomic E-state index is -0.648. The molecule has 0 N–H and O–H groups in total. The number of halogens is 1. The quantitative estimate of drug-likeness (QED) is 0.485. The van der Waals surface area contributed by atoms with Gasteiger partial charge in [0.1, 0.15) is 22.6 Å². The number of esters is 1. The third-order valence-electron chi connectivity index (χ3n) is 3.81. The van der Waals surface area contributed by atoms with Gasteiger partial charge in [-0.3, -0.25) is 4.79 Å². The highest BCUT2D eigenvalue weighted by Gasteiger charge is 2.19. The van der Waals surface area contributed by atoms with Gasteiger partial charge in [0.2, 0.25) is 11.2 Å². The standard InChI is InChI=1S/C19H15ClO7/c1-23-15-6-10(7-16(24-2)18(15)25-3)19(22)27-11-4-5-12-14(8-11)26-9-13(20)17(12)21/h4-9H,1-3H3. The Bertz CT molecular complexity index is 1050. The van der Waals surface area contributed by atoms with Crippen molar-refractivity contribution in [3.8, 4) is 23.0 Å². The molecule has 0 spiro atoms. The average molecular weight is 391 g/mol. The number of hydrogen-bond acceptors (Lipinski definition) is 7. The summed E-state index contributed by atoms with van der Waals surface area (Å²) in [5, 5.41) is 0.264. The molecule has 7 nitrogen and oxygen atoms in total. The monoisotopic (exact) mass is 390 g/mol. The lowest BCUT2D eigenvalue weighted by Gasteiger charge is -2.13. The number of ether oxygens (including phenoxy) is 4. The molecule has 0 amide bonds. The number of hydrogen-bond donors (Lipinski definition) is 0. The van der Waals surface area contributed by atoms with Crippen molar-refractivity contribution in [3.63, 3.8) is 0 Å². The van der Waals surface area contributed by atoms with Crippen LogP contribution in [0.25, 0.3) is 11.0 Å². The Morgan fingerprint density at radius 1 is 1.00 bits per heavy atom. The summed E-state index contributed by atoms with van der Waals surface area (Å²) in [5.74, 6) is 0.559. The van der Waals surface area contributed by atoms with Crippen LogP contribution in [0.1, 0.15) is 10.4 Å². The van der Waals surface area contributed by atoms with Crippen molar-refractivity contribution in [2.45, 2.75) is 0 Å². The molecule has 0 atom stereocenters. The van der Waals surface area contributed by atoms with E-state index in [0.717, 1.165) is 6.26 Å². The van der Waals surface area contributed by atoms with Gasteiger partial charge in [0.05, 0.1) is 32.3 Å². The summed E-state index contributed by atoms with van der Waals surface area (Å²) in [4.78, 5) is 24.5. The van der Waals surface area contributed by atoms with Crippen LogP contribution in [0.15, 0.2) is 45.8 Å². The predicted octanol–water partition coefficient (Wildman–Crippen LogP) is 3.69. The fraction of sp³-hybridized carbons (Fsp3) is 0.158. The van der Waals surface area contributed by atoms with E-state index in [2.05, 4.69) is 0 Å². The van der Waals surface area contributed by atoms with Crippen LogP contribution in [0.2, 0.25) is 5.02 Å². The number of carbonyl (C=O) groups is 1. The molecule has 8 heteroatoms. The molecule has 3 aromatic rings. The third kappa shape index (κ3) is 3.54. The van der Waals surface area contributed by atoms with Gasteiger partial charge in [-0.2, -0.15) is 0 Å². The second kappa shape index (κ2) is 7.59. The van der Waals surface area contributed by atoms with Crippen molar-refractivity contribution in [2.75, 3.05) is 21.3 Å². The molecule has 0 aliphatic heterocycles. The fourth-order valence-corrected chi connectivity index (χ4v) is 2.66. The van der Waals surface area contributed by atoms with E-state index in [9.17, 15) is 9.59 Å². The lowest BCUT2D eigenvalue weighted by atomic mass is 10.1. The first-order valence-electron chi connectivity index (χ1n) is 7.71. The van der Waals surface area contributed by atoms with Gasteiger partial charge in [-0.15, -0.1) is 0 Å². The van der Waals surface area contributed by atoms with Gasteiger partial charge >= 0.3 is 5.97 Å². The maximum atomic E-state index is 12.5. The topological polar surface area (TPSA) is 84.2 Å². The molecule has 0 bridgehead atoms. The highest BCUT2D eigenvalue weighted by molar-refractivity contribution is 6.30. The summed E-state index contributed by atoms with van der Waals surface area (Å²) >= 11 is 5.75. The van der Waals surface area contributed by atoms with E-state index in [4.69, 9.17) is 35.0 Å².